The topological polar surface area (TPSA) is 52.3 Å². The largest absolute Gasteiger partial charge is 0.381 e. The molecule has 0 bridgehead atoms. The van der Waals surface area contributed by atoms with Gasteiger partial charge in [-0.15, -0.1) is 0 Å². The standard InChI is InChI=1S/C10H19NO2/c1-8(11)6-10(12)7-9-2-4-13-5-3-9/h8-9H,2-7,11H2,1H3. The van der Waals surface area contributed by atoms with Gasteiger partial charge >= 0.3 is 0 Å². The molecule has 3 nitrogen and oxygen atoms in total. The third-order valence-electron chi connectivity index (χ3n) is 2.41. The molecule has 1 aliphatic rings. The fourth-order valence-corrected chi connectivity index (χ4v) is 1.71. The minimum atomic E-state index is 0.00680. The number of Topliss-reactive ketones (excluding diaryl/α,β-unsaturated/α-hetero) is 1. The van der Waals surface area contributed by atoms with E-state index in [0.29, 0.717) is 24.5 Å². The second-order valence-electron chi connectivity index (χ2n) is 3.98. The minimum absolute atomic E-state index is 0.00680. The van der Waals surface area contributed by atoms with Gasteiger partial charge in [-0.2, -0.15) is 0 Å². The van der Waals surface area contributed by atoms with Crippen molar-refractivity contribution in [1.29, 1.82) is 0 Å². The number of rotatable bonds is 4. The van der Waals surface area contributed by atoms with Crippen LogP contribution in [0.25, 0.3) is 0 Å². The summed E-state index contributed by atoms with van der Waals surface area (Å²) in [6.45, 7) is 3.51. The molecule has 0 radical (unpaired) electrons. The summed E-state index contributed by atoms with van der Waals surface area (Å²) in [5.74, 6) is 0.849. The molecule has 1 rings (SSSR count). The first-order chi connectivity index (χ1) is 6.18. The van der Waals surface area contributed by atoms with E-state index in [2.05, 4.69) is 0 Å². The second-order valence-corrected chi connectivity index (χ2v) is 3.98. The van der Waals surface area contributed by atoms with Crippen molar-refractivity contribution in [3.8, 4) is 0 Å². The van der Waals surface area contributed by atoms with Gasteiger partial charge < -0.3 is 10.5 Å². The van der Waals surface area contributed by atoms with Crippen molar-refractivity contribution >= 4 is 5.78 Å². The fraction of sp³-hybridized carbons (Fsp3) is 0.900. The Kier molecular flexibility index (Phi) is 4.39. The maximum absolute atomic E-state index is 11.4. The van der Waals surface area contributed by atoms with E-state index in [0.717, 1.165) is 26.1 Å². The average Bonchev–Trinajstić information content (AvgIpc) is 2.04. The maximum Gasteiger partial charge on any atom is 0.134 e. The van der Waals surface area contributed by atoms with Gasteiger partial charge in [0.1, 0.15) is 5.78 Å². The van der Waals surface area contributed by atoms with Crippen LogP contribution in [-0.4, -0.2) is 25.0 Å². The van der Waals surface area contributed by atoms with Crippen LogP contribution in [0.4, 0.5) is 0 Å². The van der Waals surface area contributed by atoms with Crippen LogP contribution in [0.1, 0.15) is 32.6 Å². The highest BCUT2D eigenvalue weighted by Crippen LogP contribution is 2.19. The zero-order chi connectivity index (χ0) is 9.68. The smallest absolute Gasteiger partial charge is 0.134 e. The Morgan fingerprint density at radius 3 is 2.69 bits per heavy atom. The molecule has 0 aromatic carbocycles. The van der Waals surface area contributed by atoms with Gasteiger partial charge in [-0.1, -0.05) is 0 Å². The van der Waals surface area contributed by atoms with Crippen molar-refractivity contribution in [3.63, 3.8) is 0 Å². The molecule has 13 heavy (non-hydrogen) atoms. The first-order valence-corrected chi connectivity index (χ1v) is 5.03. The lowest BCUT2D eigenvalue weighted by Gasteiger charge is -2.21. The Morgan fingerprint density at radius 2 is 2.15 bits per heavy atom. The molecule has 0 aromatic rings. The van der Waals surface area contributed by atoms with Crippen LogP contribution in [0, 0.1) is 5.92 Å². The van der Waals surface area contributed by atoms with E-state index in [1.165, 1.54) is 0 Å². The van der Waals surface area contributed by atoms with Gasteiger partial charge in [0.25, 0.3) is 0 Å². The molecule has 1 fully saturated rings. The molecule has 2 N–H and O–H groups in total. The van der Waals surface area contributed by atoms with Gasteiger partial charge in [0.2, 0.25) is 0 Å². The van der Waals surface area contributed by atoms with Gasteiger partial charge in [-0.3, -0.25) is 4.79 Å². The fourth-order valence-electron chi connectivity index (χ4n) is 1.71. The third kappa shape index (κ3) is 4.39. The molecule has 0 aromatic heterocycles. The minimum Gasteiger partial charge on any atom is -0.381 e. The van der Waals surface area contributed by atoms with Gasteiger partial charge in [0, 0.05) is 32.1 Å². The molecule has 0 saturated carbocycles. The second kappa shape index (κ2) is 5.35. The monoisotopic (exact) mass is 185 g/mol. The molecular formula is C10H19NO2. The Morgan fingerprint density at radius 1 is 1.54 bits per heavy atom. The predicted octanol–water partition coefficient (Wildman–Crippen LogP) is 1.11. The van der Waals surface area contributed by atoms with E-state index in [1.54, 1.807) is 0 Å². The summed E-state index contributed by atoms with van der Waals surface area (Å²) < 4.78 is 5.23. The van der Waals surface area contributed by atoms with Crippen molar-refractivity contribution in [2.45, 2.75) is 38.6 Å². The predicted molar refractivity (Wildman–Crippen MR) is 51.4 cm³/mol. The van der Waals surface area contributed by atoms with Crippen molar-refractivity contribution in [3.05, 3.63) is 0 Å². The molecule has 1 aliphatic heterocycles. The van der Waals surface area contributed by atoms with E-state index >= 15 is 0 Å². The molecule has 1 unspecified atom stereocenters. The number of carbonyl (C=O) groups is 1. The molecule has 1 saturated heterocycles. The van der Waals surface area contributed by atoms with E-state index in [9.17, 15) is 4.79 Å². The Balaban J connectivity index is 2.18. The normalized spacial score (nSPS) is 21.4. The summed E-state index contributed by atoms with van der Waals surface area (Å²) in [5, 5.41) is 0. The molecular weight excluding hydrogens is 166 g/mol. The van der Waals surface area contributed by atoms with Crippen LogP contribution >= 0.6 is 0 Å². The molecule has 3 heteroatoms. The average molecular weight is 185 g/mol. The van der Waals surface area contributed by atoms with E-state index < -0.39 is 0 Å². The van der Waals surface area contributed by atoms with E-state index in [-0.39, 0.29) is 6.04 Å². The summed E-state index contributed by atoms with van der Waals surface area (Å²) >= 11 is 0. The highest BCUT2D eigenvalue weighted by molar-refractivity contribution is 5.79. The lowest BCUT2D eigenvalue weighted by molar-refractivity contribution is -0.120. The Bertz CT molecular complexity index is 162. The summed E-state index contributed by atoms with van der Waals surface area (Å²) in [6.07, 6.45) is 3.29. The Hall–Kier alpha value is -0.410. The zero-order valence-electron chi connectivity index (χ0n) is 8.29. The number of ether oxygens (including phenoxy) is 1. The van der Waals surface area contributed by atoms with Crippen LogP contribution in [-0.2, 0) is 9.53 Å². The zero-order valence-corrected chi connectivity index (χ0v) is 8.29. The summed E-state index contributed by atoms with van der Waals surface area (Å²) in [6, 6.07) is 0.00680. The van der Waals surface area contributed by atoms with Crippen LogP contribution in [0.5, 0.6) is 0 Å². The highest BCUT2D eigenvalue weighted by Gasteiger charge is 2.17. The summed E-state index contributed by atoms with van der Waals surface area (Å²) in [4.78, 5) is 11.4. The maximum atomic E-state index is 11.4. The first kappa shape index (κ1) is 10.7. The molecule has 0 amide bonds. The van der Waals surface area contributed by atoms with Crippen LogP contribution in [0.3, 0.4) is 0 Å². The van der Waals surface area contributed by atoms with Crippen LogP contribution in [0.15, 0.2) is 0 Å². The van der Waals surface area contributed by atoms with Gasteiger partial charge in [0.05, 0.1) is 0 Å². The molecule has 76 valence electrons. The first-order valence-electron chi connectivity index (χ1n) is 5.03. The molecule has 1 atom stereocenters. The van der Waals surface area contributed by atoms with E-state index in [1.807, 2.05) is 6.92 Å². The van der Waals surface area contributed by atoms with E-state index in [4.69, 9.17) is 10.5 Å². The summed E-state index contributed by atoms with van der Waals surface area (Å²) in [7, 11) is 0. The Labute approximate surface area is 79.6 Å². The molecule has 0 aliphatic carbocycles. The van der Waals surface area contributed by atoms with Crippen molar-refractivity contribution in [1.82, 2.24) is 0 Å². The lowest BCUT2D eigenvalue weighted by atomic mass is 9.92. The van der Waals surface area contributed by atoms with Crippen molar-refractivity contribution in [2.75, 3.05) is 13.2 Å². The third-order valence-corrected chi connectivity index (χ3v) is 2.41. The summed E-state index contributed by atoms with van der Waals surface area (Å²) in [5.41, 5.74) is 5.55. The quantitative estimate of drug-likeness (QED) is 0.713. The van der Waals surface area contributed by atoms with Gasteiger partial charge in [-0.05, 0) is 25.7 Å². The molecule has 0 spiro atoms. The number of ketones is 1. The van der Waals surface area contributed by atoms with Crippen molar-refractivity contribution in [2.24, 2.45) is 11.7 Å². The number of hydrogen-bond donors (Lipinski definition) is 1. The number of hydrogen-bond acceptors (Lipinski definition) is 3. The highest BCUT2D eigenvalue weighted by atomic mass is 16.5. The SMILES string of the molecule is CC(N)CC(=O)CC1CCOCC1. The van der Waals surface area contributed by atoms with Gasteiger partial charge in [-0.25, -0.2) is 0 Å². The van der Waals surface area contributed by atoms with Crippen molar-refractivity contribution < 1.29 is 9.53 Å². The number of nitrogens with two attached hydrogens (primary N) is 1. The number of carbonyl (C=O) groups excluding carboxylic acids is 1. The van der Waals surface area contributed by atoms with Gasteiger partial charge in [0.15, 0.2) is 0 Å². The lowest BCUT2D eigenvalue weighted by Crippen LogP contribution is -2.23. The van der Waals surface area contributed by atoms with Crippen LogP contribution in [0.2, 0.25) is 0 Å². The molecule has 1 heterocycles. The van der Waals surface area contributed by atoms with Crippen LogP contribution < -0.4 is 5.73 Å².